The van der Waals surface area contributed by atoms with Gasteiger partial charge in [0, 0.05) is 16.7 Å². The molecule has 0 bridgehead atoms. The van der Waals surface area contributed by atoms with Gasteiger partial charge >= 0.3 is 0 Å². The zero-order chi connectivity index (χ0) is 19.4. The van der Waals surface area contributed by atoms with Crippen molar-refractivity contribution >= 4 is 17.5 Å². The molecule has 0 radical (unpaired) electrons. The average Bonchev–Trinajstić information content (AvgIpc) is 3.15. The third-order valence-electron chi connectivity index (χ3n) is 4.36. The van der Waals surface area contributed by atoms with E-state index >= 15 is 0 Å². The maximum Gasteiger partial charge on any atom is 0.231 e. The first-order valence-corrected chi connectivity index (χ1v) is 8.74. The zero-order valence-electron chi connectivity index (χ0n) is 15.7. The van der Waals surface area contributed by atoms with Crippen LogP contribution < -0.4 is 24.7 Å². The lowest BCUT2D eigenvalue weighted by Crippen LogP contribution is -2.05. The monoisotopic (exact) mass is 369 g/mol. The van der Waals surface area contributed by atoms with E-state index in [1.54, 1.807) is 32.4 Å². The number of nitrogens with two attached hydrogens (primary N) is 1. The second-order valence-electron chi connectivity index (χ2n) is 6.13. The Labute approximate surface area is 158 Å². The number of carbonyl (C=O) groups excluding carboxylic acids is 1. The molecule has 0 aromatic heterocycles. The molecule has 1 aliphatic heterocycles. The van der Waals surface area contributed by atoms with Gasteiger partial charge in [0.1, 0.15) is 5.75 Å². The van der Waals surface area contributed by atoms with Gasteiger partial charge in [-0.05, 0) is 42.8 Å². The van der Waals surface area contributed by atoms with Crippen LogP contribution in [0.1, 0.15) is 35.7 Å². The molecule has 1 aliphatic rings. The molecule has 0 saturated heterocycles. The van der Waals surface area contributed by atoms with E-state index in [4.69, 9.17) is 24.7 Å². The van der Waals surface area contributed by atoms with Crippen LogP contribution in [-0.4, -0.2) is 26.8 Å². The van der Waals surface area contributed by atoms with Crippen molar-refractivity contribution < 1.29 is 23.7 Å². The molecule has 1 heterocycles. The van der Waals surface area contributed by atoms with E-state index in [2.05, 4.69) is 0 Å². The van der Waals surface area contributed by atoms with Crippen molar-refractivity contribution in [2.24, 2.45) is 0 Å². The number of ether oxygens (including phenoxy) is 4. The van der Waals surface area contributed by atoms with Crippen LogP contribution in [0.15, 0.2) is 35.9 Å². The van der Waals surface area contributed by atoms with Crippen LogP contribution in [0.3, 0.4) is 0 Å². The SMILES string of the molecule is CCCC(=Cc1ccc2c(c1OC)OCO2)C(=O)c1ccc(OC)c(N)c1. The van der Waals surface area contributed by atoms with Gasteiger partial charge in [-0.1, -0.05) is 13.3 Å². The number of benzene rings is 2. The van der Waals surface area contributed by atoms with Gasteiger partial charge in [0.15, 0.2) is 17.3 Å². The molecular weight excluding hydrogens is 346 g/mol. The number of allylic oxidation sites excluding steroid dienone is 1. The van der Waals surface area contributed by atoms with Crippen molar-refractivity contribution in [3.63, 3.8) is 0 Å². The predicted octanol–water partition coefficient (Wildman–Crippen LogP) is 4.08. The number of hydrogen-bond donors (Lipinski definition) is 1. The van der Waals surface area contributed by atoms with E-state index in [9.17, 15) is 4.79 Å². The fourth-order valence-corrected chi connectivity index (χ4v) is 3.06. The predicted molar refractivity (Wildman–Crippen MR) is 104 cm³/mol. The molecule has 2 aromatic carbocycles. The van der Waals surface area contributed by atoms with Crippen molar-refractivity contribution in [3.8, 4) is 23.0 Å². The lowest BCUT2D eigenvalue weighted by molar-refractivity contribution is 0.103. The number of ketones is 1. The normalized spacial score (nSPS) is 12.8. The Bertz CT molecular complexity index is 888. The van der Waals surface area contributed by atoms with E-state index in [1.807, 2.05) is 25.1 Å². The quantitative estimate of drug-likeness (QED) is 0.450. The highest BCUT2D eigenvalue weighted by Crippen LogP contribution is 2.44. The molecule has 0 saturated carbocycles. The number of carbonyl (C=O) groups is 1. The Morgan fingerprint density at radius 1 is 1.19 bits per heavy atom. The van der Waals surface area contributed by atoms with E-state index in [1.165, 1.54) is 0 Å². The van der Waals surface area contributed by atoms with Crippen molar-refractivity contribution in [2.45, 2.75) is 19.8 Å². The lowest BCUT2D eigenvalue weighted by atomic mass is 9.96. The van der Waals surface area contributed by atoms with Crippen molar-refractivity contribution in [1.29, 1.82) is 0 Å². The van der Waals surface area contributed by atoms with E-state index in [-0.39, 0.29) is 12.6 Å². The molecule has 2 N–H and O–H groups in total. The van der Waals surface area contributed by atoms with Crippen LogP contribution in [-0.2, 0) is 0 Å². The Morgan fingerprint density at radius 2 is 2.00 bits per heavy atom. The van der Waals surface area contributed by atoms with Gasteiger partial charge in [-0.3, -0.25) is 4.79 Å². The number of rotatable bonds is 7. The van der Waals surface area contributed by atoms with Gasteiger partial charge in [0.2, 0.25) is 12.5 Å². The third kappa shape index (κ3) is 3.69. The number of hydrogen-bond acceptors (Lipinski definition) is 6. The van der Waals surface area contributed by atoms with Crippen LogP contribution in [0, 0.1) is 0 Å². The topological polar surface area (TPSA) is 80.0 Å². The number of anilines is 1. The summed E-state index contributed by atoms with van der Waals surface area (Å²) in [6, 6.07) is 8.74. The first-order valence-electron chi connectivity index (χ1n) is 8.74. The molecule has 142 valence electrons. The molecule has 0 aliphatic carbocycles. The van der Waals surface area contributed by atoms with Crippen LogP contribution >= 0.6 is 0 Å². The molecule has 0 amide bonds. The highest BCUT2D eigenvalue weighted by molar-refractivity contribution is 6.12. The van der Waals surface area contributed by atoms with Gasteiger partial charge in [-0.2, -0.15) is 0 Å². The summed E-state index contributed by atoms with van der Waals surface area (Å²) in [6.07, 6.45) is 3.30. The molecule has 2 aromatic rings. The summed E-state index contributed by atoms with van der Waals surface area (Å²) in [6.45, 7) is 2.19. The molecule has 6 nitrogen and oxygen atoms in total. The van der Waals surface area contributed by atoms with Gasteiger partial charge in [0.25, 0.3) is 0 Å². The van der Waals surface area contributed by atoms with Gasteiger partial charge in [-0.15, -0.1) is 0 Å². The van der Waals surface area contributed by atoms with Crippen LogP contribution in [0.25, 0.3) is 6.08 Å². The van der Waals surface area contributed by atoms with Gasteiger partial charge in [-0.25, -0.2) is 0 Å². The van der Waals surface area contributed by atoms with Gasteiger partial charge in [0.05, 0.1) is 19.9 Å². The summed E-state index contributed by atoms with van der Waals surface area (Å²) in [7, 11) is 3.11. The lowest BCUT2D eigenvalue weighted by Gasteiger charge is -2.12. The Balaban J connectivity index is 2.00. The van der Waals surface area contributed by atoms with Crippen molar-refractivity contribution in [3.05, 3.63) is 47.0 Å². The molecule has 0 fully saturated rings. The summed E-state index contributed by atoms with van der Waals surface area (Å²) >= 11 is 0. The third-order valence-corrected chi connectivity index (χ3v) is 4.36. The minimum absolute atomic E-state index is 0.0778. The van der Waals surface area contributed by atoms with Crippen LogP contribution in [0.4, 0.5) is 5.69 Å². The molecule has 0 atom stereocenters. The summed E-state index contributed by atoms with van der Waals surface area (Å²) in [5.41, 5.74) is 8.34. The molecule has 6 heteroatoms. The molecule has 27 heavy (non-hydrogen) atoms. The average molecular weight is 369 g/mol. The first kappa shape index (κ1) is 18.6. The summed E-state index contributed by atoms with van der Waals surface area (Å²) in [4.78, 5) is 13.1. The summed E-state index contributed by atoms with van der Waals surface area (Å²) < 4.78 is 21.5. The standard InChI is InChI=1S/C21H23NO5/c1-4-5-13(19(23)14-6-8-17(24-2)16(22)11-14)10-15-7-9-18-21(20(15)25-3)27-12-26-18/h6-11H,4-5,12,22H2,1-3H3. The van der Waals surface area contributed by atoms with Crippen LogP contribution in [0.5, 0.6) is 23.0 Å². The number of Topliss-reactive ketones (excluding diaryl/α,β-unsaturated/α-hetero) is 1. The maximum atomic E-state index is 13.1. The zero-order valence-corrected chi connectivity index (χ0v) is 15.7. The van der Waals surface area contributed by atoms with Gasteiger partial charge < -0.3 is 24.7 Å². The number of fused-ring (bicyclic) bond motifs is 1. The number of nitrogen functional groups attached to an aromatic ring is 1. The second kappa shape index (κ2) is 8.03. The minimum Gasteiger partial charge on any atom is -0.495 e. The van der Waals surface area contributed by atoms with Crippen LogP contribution in [0.2, 0.25) is 0 Å². The molecule has 3 rings (SSSR count). The molecular formula is C21H23NO5. The fourth-order valence-electron chi connectivity index (χ4n) is 3.06. The molecule has 0 spiro atoms. The fraction of sp³-hybridized carbons (Fsp3) is 0.286. The Hall–Kier alpha value is -3.15. The van der Waals surface area contributed by atoms with E-state index < -0.39 is 0 Å². The summed E-state index contributed by atoms with van der Waals surface area (Å²) in [5, 5.41) is 0. The summed E-state index contributed by atoms with van der Waals surface area (Å²) in [5.74, 6) is 2.22. The highest BCUT2D eigenvalue weighted by Gasteiger charge is 2.22. The molecule has 0 unspecified atom stereocenters. The maximum absolute atomic E-state index is 13.1. The second-order valence-corrected chi connectivity index (χ2v) is 6.13. The smallest absolute Gasteiger partial charge is 0.231 e. The Morgan fingerprint density at radius 3 is 2.67 bits per heavy atom. The Kier molecular flexibility index (Phi) is 5.54. The van der Waals surface area contributed by atoms with E-state index in [0.717, 1.165) is 12.0 Å². The highest BCUT2D eigenvalue weighted by atomic mass is 16.7. The van der Waals surface area contributed by atoms with Crippen molar-refractivity contribution in [1.82, 2.24) is 0 Å². The largest absolute Gasteiger partial charge is 0.495 e. The minimum atomic E-state index is -0.0778. The van der Waals surface area contributed by atoms with E-state index in [0.29, 0.717) is 46.2 Å². The van der Waals surface area contributed by atoms with Crippen molar-refractivity contribution in [2.75, 3.05) is 26.7 Å². The number of methoxy groups -OCH3 is 2. The first-order chi connectivity index (χ1) is 13.1.